The van der Waals surface area contributed by atoms with Gasteiger partial charge in [-0.15, -0.1) is 0 Å². The summed E-state index contributed by atoms with van der Waals surface area (Å²) < 4.78 is 9.38. The number of carbonyl (C=O) groups is 1. The van der Waals surface area contributed by atoms with Gasteiger partial charge in [-0.1, -0.05) is 12.1 Å². The van der Waals surface area contributed by atoms with Gasteiger partial charge < -0.3 is 9.73 Å². The number of hydrogen-bond donors (Lipinski definition) is 1. The Balaban J connectivity index is 1.74. The number of amides is 1. The molecule has 0 aliphatic rings. The number of nitrogens with one attached hydrogen (secondary N) is 1. The van der Waals surface area contributed by atoms with Crippen molar-refractivity contribution in [2.75, 3.05) is 5.32 Å². The molecule has 0 spiro atoms. The number of carbonyl (C=O) groups excluding carboxylic acids is 1. The number of fused-ring (bicyclic) bond motifs is 1. The summed E-state index contributed by atoms with van der Waals surface area (Å²) in [5, 5.41) is 3.45. The van der Waals surface area contributed by atoms with Crippen LogP contribution >= 0.6 is 11.5 Å². The van der Waals surface area contributed by atoms with Gasteiger partial charge in [0.2, 0.25) is 11.8 Å². The van der Waals surface area contributed by atoms with E-state index in [1.807, 2.05) is 24.3 Å². The molecule has 0 bridgehead atoms. The van der Waals surface area contributed by atoms with Gasteiger partial charge in [-0.3, -0.25) is 4.79 Å². The summed E-state index contributed by atoms with van der Waals surface area (Å²) in [6.07, 6.45) is 1.76. The van der Waals surface area contributed by atoms with E-state index in [9.17, 15) is 4.79 Å². The first-order valence-electron chi connectivity index (χ1n) is 5.36. The van der Waals surface area contributed by atoms with Gasteiger partial charge in [0, 0.05) is 6.20 Å². The minimum absolute atomic E-state index is 0.118. The van der Waals surface area contributed by atoms with Gasteiger partial charge >= 0.3 is 0 Å². The fraction of sp³-hybridized carbons (Fsp3) is 0.0833. The summed E-state index contributed by atoms with van der Waals surface area (Å²) in [6, 6.07) is 9.17. The van der Waals surface area contributed by atoms with Crippen LogP contribution < -0.4 is 5.32 Å². The zero-order chi connectivity index (χ0) is 12.4. The summed E-state index contributed by atoms with van der Waals surface area (Å²) in [4.78, 5) is 16.0. The monoisotopic (exact) mass is 259 g/mol. The SMILES string of the molecule is O=C(Cc1nc2ccccc2o1)Nc1ccns1. The topological polar surface area (TPSA) is 68.0 Å². The average Bonchev–Trinajstić information content (AvgIpc) is 2.96. The molecule has 6 heteroatoms. The highest BCUT2D eigenvalue weighted by molar-refractivity contribution is 7.10. The molecule has 0 saturated heterocycles. The molecular formula is C12H9N3O2S. The lowest BCUT2D eigenvalue weighted by molar-refractivity contribution is -0.115. The van der Waals surface area contributed by atoms with Gasteiger partial charge in [-0.2, -0.15) is 4.37 Å². The van der Waals surface area contributed by atoms with Gasteiger partial charge in [-0.25, -0.2) is 4.98 Å². The molecule has 0 aliphatic heterocycles. The molecule has 2 heterocycles. The van der Waals surface area contributed by atoms with Crippen molar-refractivity contribution >= 4 is 33.5 Å². The maximum Gasteiger partial charge on any atom is 0.234 e. The first-order chi connectivity index (χ1) is 8.81. The van der Waals surface area contributed by atoms with E-state index in [1.165, 1.54) is 11.5 Å². The first-order valence-corrected chi connectivity index (χ1v) is 6.13. The van der Waals surface area contributed by atoms with Crippen molar-refractivity contribution in [3.8, 4) is 0 Å². The van der Waals surface area contributed by atoms with Gasteiger partial charge in [0.25, 0.3) is 0 Å². The number of anilines is 1. The minimum Gasteiger partial charge on any atom is -0.440 e. The fourth-order valence-electron chi connectivity index (χ4n) is 1.59. The zero-order valence-electron chi connectivity index (χ0n) is 9.29. The quantitative estimate of drug-likeness (QED) is 0.784. The van der Waals surface area contributed by atoms with Crippen molar-refractivity contribution in [3.05, 3.63) is 42.4 Å². The average molecular weight is 259 g/mol. The van der Waals surface area contributed by atoms with Crippen LogP contribution in [0.15, 0.2) is 40.9 Å². The molecule has 0 atom stereocenters. The predicted octanol–water partition coefficient (Wildman–Crippen LogP) is 2.47. The number of hydrogen-bond acceptors (Lipinski definition) is 5. The highest BCUT2D eigenvalue weighted by atomic mass is 32.1. The van der Waals surface area contributed by atoms with Gasteiger partial charge in [0.1, 0.15) is 16.9 Å². The Bertz CT molecular complexity index is 643. The molecule has 5 nitrogen and oxygen atoms in total. The van der Waals surface area contributed by atoms with Crippen molar-refractivity contribution in [2.24, 2.45) is 0 Å². The molecule has 0 fully saturated rings. The maximum atomic E-state index is 11.7. The van der Waals surface area contributed by atoms with Crippen LogP contribution in [0.3, 0.4) is 0 Å². The van der Waals surface area contributed by atoms with Crippen molar-refractivity contribution in [1.29, 1.82) is 0 Å². The van der Waals surface area contributed by atoms with Crippen LogP contribution in [-0.2, 0) is 11.2 Å². The molecule has 0 aliphatic carbocycles. The molecule has 0 saturated carbocycles. The Morgan fingerprint density at radius 1 is 1.33 bits per heavy atom. The number of aromatic nitrogens is 2. The number of nitrogens with zero attached hydrogens (tertiary/aromatic N) is 2. The highest BCUT2D eigenvalue weighted by Crippen LogP contribution is 2.16. The number of para-hydroxylation sites is 2. The van der Waals surface area contributed by atoms with E-state index < -0.39 is 0 Å². The molecule has 90 valence electrons. The molecule has 18 heavy (non-hydrogen) atoms. The fourth-order valence-corrected chi connectivity index (χ4v) is 2.11. The summed E-state index contributed by atoms with van der Waals surface area (Å²) in [6.45, 7) is 0. The Morgan fingerprint density at radius 3 is 3.00 bits per heavy atom. The maximum absolute atomic E-state index is 11.7. The number of oxazole rings is 1. The minimum atomic E-state index is -0.161. The van der Waals surface area contributed by atoms with Crippen LogP contribution in [0.2, 0.25) is 0 Å². The third-order valence-corrected chi connectivity index (χ3v) is 3.01. The summed E-state index contributed by atoms with van der Waals surface area (Å²) in [5.41, 5.74) is 1.45. The summed E-state index contributed by atoms with van der Waals surface area (Å²) in [5.74, 6) is 0.254. The van der Waals surface area contributed by atoms with E-state index in [1.54, 1.807) is 12.3 Å². The predicted molar refractivity (Wildman–Crippen MR) is 68.5 cm³/mol. The Morgan fingerprint density at radius 2 is 2.22 bits per heavy atom. The standard InChI is InChI=1S/C12H9N3O2S/c16-10(15-12-5-6-13-18-12)7-11-14-8-3-1-2-4-9(8)17-11/h1-6H,7H2,(H,15,16). The highest BCUT2D eigenvalue weighted by Gasteiger charge is 2.11. The van der Waals surface area contributed by atoms with Crippen molar-refractivity contribution < 1.29 is 9.21 Å². The van der Waals surface area contributed by atoms with Crippen LogP contribution in [0.25, 0.3) is 11.1 Å². The molecule has 3 rings (SSSR count). The third kappa shape index (κ3) is 2.23. The zero-order valence-corrected chi connectivity index (χ0v) is 10.1. The van der Waals surface area contributed by atoms with Crippen molar-refractivity contribution in [3.63, 3.8) is 0 Å². The Hall–Kier alpha value is -2.21. The second-order valence-corrected chi connectivity index (χ2v) is 4.51. The van der Waals surface area contributed by atoms with Crippen LogP contribution in [0.1, 0.15) is 5.89 Å². The lowest BCUT2D eigenvalue weighted by atomic mass is 10.3. The van der Waals surface area contributed by atoms with E-state index in [4.69, 9.17) is 4.42 Å². The summed E-state index contributed by atoms with van der Waals surface area (Å²) in [7, 11) is 0. The van der Waals surface area contributed by atoms with E-state index in [2.05, 4.69) is 14.7 Å². The van der Waals surface area contributed by atoms with Crippen LogP contribution in [0.4, 0.5) is 5.00 Å². The van der Waals surface area contributed by atoms with E-state index in [0.29, 0.717) is 11.5 Å². The second kappa shape index (κ2) is 4.58. The first kappa shape index (κ1) is 10.9. The second-order valence-electron chi connectivity index (χ2n) is 3.68. The Kier molecular flexibility index (Phi) is 2.77. The molecule has 1 amide bonds. The number of benzene rings is 1. The lowest BCUT2D eigenvalue weighted by Gasteiger charge is -1.97. The molecule has 1 N–H and O–H groups in total. The normalized spacial score (nSPS) is 10.7. The van der Waals surface area contributed by atoms with E-state index in [-0.39, 0.29) is 12.3 Å². The third-order valence-electron chi connectivity index (χ3n) is 2.35. The molecular weight excluding hydrogens is 250 g/mol. The molecule has 1 aromatic carbocycles. The smallest absolute Gasteiger partial charge is 0.234 e. The van der Waals surface area contributed by atoms with E-state index >= 15 is 0 Å². The van der Waals surface area contributed by atoms with E-state index in [0.717, 1.165) is 10.5 Å². The van der Waals surface area contributed by atoms with Gasteiger partial charge in [0.05, 0.1) is 0 Å². The van der Waals surface area contributed by atoms with Crippen LogP contribution in [0, 0.1) is 0 Å². The van der Waals surface area contributed by atoms with Gasteiger partial charge in [0.15, 0.2) is 5.58 Å². The van der Waals surface area contributed by atoms with Crippen LogP contribution in [0.5, 0.6) is 0 Å². The Labute approximate surface area is 107 Å². The summed E-state index contributed by atoms with van der Waals surface area (Å²) >= 11 is 1.23. The van der Waals surface area contributed by atoms with Crippen molar-refractivity contribution in [2.45, 2.75) is 6.42 Å². The van der Waals surface area contributed by atoms with Crippen molar-refractivity contribution in [1.82, 2.24) is 9.36 Å². The largest absolute Gasteiger partial charge is 0.440 e. The van der Waals surface area contributed by atoms with Gasteiger partial charge in [-0.05, 0) is 29.7 Å². The molecule has 0 radical (unpaired) electrons. The van der Waals surface area contributed by atoms with Crippen LogP contribution in [-0.4, -0.2) is 15.3 Å². The number of rotatable bonds is 3. The molecule has 3 aromatic rings. The lowest BCUT2D eigenvalue weighted by Crippen LogP contribution is -2.13. The molecule has 2 aromatic heterocycles. The molecule has 0 unspecified atom stereocenters.